The van der Waals surface area contributed by atoms with Gasteiger partial charge in [-0.05, 0) is 78.5 Å². The van der Waals surface area contributed by atoms with Gasteiger partial charge in [-0.3, -0.25) is 4.79 Å². The molecule has 0 bridgehead atoms. The first-order valence-corrected chi connectivity index (χ1v) is 8.92. The number of hydrogen-bond donors (Lipinski definition) is 2. The van der Waals surface area contributed by atoms with Gasteiger partial charge in [-0.2, -0.15) is 0 Å². The molecule has 2 heterocycles. The average molecular weight is 379 g/mol. The smallest absolute Gasteiger partial charge is 0.264 e. The molecule has 27 heavy (non-hydrogen) atoms. The Bertz CT molecular complexity index is 1050. The van der Waals surface area contributed by atoms with Gasteiger partial charge in [0.1, 0.15) is 11.6 Å². The lowest BCUT2D eigenvalue weighted by Gasteiger charge is -2.06. The zero-order valence-corrected chi connectivity index (χ0v) is 14.8. The van der Waals surface area contributed by atoms with E-state index in [1.165, 1.54) is 23.9 Å². The third-order valence-corrected chi connectivity index (χ3v) is 4.81. The molecule has 1 aliphatic heterocycles. The van der Waals surface area contributed by atoms with Crippen molar-refractivity contribution < 1.29 is 14.3 Å². The number of benzene rings is 2. The molecule has 1 aliphatic rings. The Kier molecular flexibility index (Phi) is 4.52. The number of aromatic nitrogens is 1. The van der Waals surface area contributed by atoms with Gasteiger partial charge in [-0.25, -0.2) is 9.38 Å². The minimum absolute atomic E-state index is 0.193. The zero-order chi connectivity index (χ0) is 18.8. The Morgan fingerprint density at radius 1 is 1.07 bits per heavy atom. The van der Waals surface area contributed by atoms with E-state index in [2.05, 4.69) is 10.3 Å². The molecule has 4 rings (SSSR count). The second-order valence-electron chi connectivity index (χ2n) is 5.78. The molecule has 1 aromatic heterocycles. The molecule has 0 unspecified atom stereocenters. The maximum Gasteiger partial charge on any atom is 0.264 e. The van der Waals surface area contributed by atoms with E-state index in [-0.39, 0.29) is 17.5 Å². The summed E-state index contributed by atoms with van der Waals surface area (Å²) in [5.74, 6) is -0.380. The predicted octanol–water partition coefficient (Wildman–Crippen LogP) is 4.21. The van der Waals surface area contributed by atoms with Crippen LogP contribution in [-0.4, -0.2) is 20.7 Å². The van der Waals surface area contributed by atoms with Gasteiger partial charge in [-0.15, -0.1) is 0 Å². The molecule has 2 aromatic carbocycles. The van der Waals surface area contributed by atoms with Gasteiger partial charge in [0.15, 0.2) is 5.17 Å². The van der Waals surface area contributed by atoms with E-state index in [0.717, 1.165) is 11.4 Å². The molecular formula is C20H14FN3O2S. The fourth-order valence-electron chi connectivity index (χ4n) is 2.61. The second-order valence-corrected chi connectivity index (χ2v) is 6.81. The van der Waals surface area contributed by atoms with Gasteiger partial charge in [0, 0.05) is 17.6 Å². The molecule has 0 radical (unpaired) electrons. The molecule has 0 saturated carbocycles. The first-order chi connectivity index (χ1) is 13.1. The maximum atomic E-state index is 13.0. The van der Waals surface area contributed by atoms with Crippen molar-refractivity contribution in [3.05, 3.63) is 83.3 Å². The Labute approximate surface area is 158 Å². The maximum absolute atomic E-state index is 13.0. The molecule has 3 aromatic rings. The first-order valence-electron chi connectivity index (χ1n) is 8.10. The van der Waals surface area contributed by atoms with E-state index in [4.69, 9.17) is 0 Å². The summed E-state index contributed by atoms with van der Waals surface area (Å²) in [6.07, 6.45) is 3.66. The summed E-state index contributed by atoms with van der Waals surface area (Å²) >= 11 is 1.23. The largest absolute Gasteiger partial charge is 0.508 e. The van der Waals surface area contributed by atoms with Crippen LogP contribution < -0.4 is 5.32 Å². The average Bonchev–Trinajstić information content (AvgIpc) is 3.25. The van der Waals surface area contributed by atoms with Gasteiger partial charge in [0.25, 0.3) is 5.91 Å². The summed E-state index contributed by atoms with van der Waals surface area (Å²) in [5.41, 5.74) is 2.25. The number of amidine groups is 1. The van der Waals surface area contributed by atoms with Crippen molar-refractivity contribution in [1.29, 1.82) is 0 Å². The standard InChI is InChI=1S/C20H14FN3O2S/c21-13-3-5-14(6-4-13)22-20-23-19(26)18(27-20)12-16-2-1-11-24(16)15-7-9-17(25)10-8-15/h1-12,25H,(H,22,23,26)/b18-12-. The fourth-order valence-corrected chi connectivity index (χ4v) is 3.43. The Hall–Kier alpha value is -3.32. The van der Waals surface area contributed by atoms with Gasteiger partial charge in [0.05, 0.1) is 10.6 Å². The van der Waals surface area contributed by atoms with Crippen molar-refractivity contribution in [2.75, 3.05) is 0 Å². The monoisotopic (exact) mass is 379 g/mol. The van der Waals surface area contributed by atoms with E-state index in [1.54, 1.807) is 42.5 Å². The summed E-state index contributed by atoms with van der Waals surface area (Å²) in [6, 6.07) is 16.3. The van der Waals surface area contributed by atoms with Gasteiger partial charge in [0.2, 0.25) is 0 Å². The lowest BCUT2D eigenvalue weighted by molar-refractivity contribution is -0.115. The van der Waals surface area contributed by atoms with E-state index in [1.807, 2.05) is 22.9 Å². The molecule has 1 saturated heterocycles. The first kappa shape index (κ1) is 17.1. The molecule has 7 heteroatoms. The third-order valence-electron chi connectivity index (χ3n) is 3.90. The van der Waals surface area contributed by atoms with E-state index in [9.17, 15) is 14.3 Å². The minimum Gasteiger partial charge on any atom is -0.508 e. The van der Waals surface area contributed by atoms with Gasteiger partial charge >= 0.3 is 0 Å². The molecule has 0 atom stereocenters. The number of phenols is 1. The molecule has 5 nitrogen and oxygen atoms in total. The van der Waals surface area contributed by atoms with E-state index >= 15 is 0 Å². The molecular weight excluding hydrogens is 365 g/mol. The highest BCUT2D eigenvalue weighted by molar-refractivity contribution is 8.18. The van der Waals surface area contributed by atoms with Gasteiger partial charge in [-0.1, -0.05) is 0 Å². The van der Waals surface area contributed by atoms with Crippen LogP contribution in [0.25, 0.3) is 11.8 Å². The van der Waals surface area contributed by atoms with Crippen LogP contribution in [0.1, 0.15) is 5.69 Å². The van der Waals surface area contributed by atoms with E-state index in [0.29, 0.717) is 15.8 Å². The SMILES string of the molecule is O=C1NC(=Nc2ccc(F)cc2)S/C1=C\c1cccn1-c1ccc(O)cc1. The number of aliphatic imine (C=N–C) groups is 1. The highest BCUT2D eigenvalue weighted by Gasteiger charge is 2.24. The fraction of sp³-hybridized carbons (Fsp3) is 0. The number of amides is 1. The third kappa shape index (κ3) is 3.78. The number of halogens is 1. The molecule has 134 valence electrons. The van der Waals surface area contributed by atoms with Crippen LogP contribution in [0.3, 0.4) is 0 Å². The summed E-state index contributed by atoms with van der Waals surface area (Å²) in [4.78, 5) is 17.1. The van der Waals surface area contributed by atoms with Crippen LogP contribution in [0.2, 0.25) is 0 Å². The van der Waals surface area contributed by atoms with Crippen molar-refractivity contribution in [1.82, 2.24) is 9.88 Å². The highest BCUT2D eigenvalue weighted by atomic mass is 32.2. The normalized spacial score (nSPS) is 16.9. The number of carbonyl (C=O) groups is 1. The minimum atomic E-state index is -0.336. The Balaban J connectivity index is 1.60. The highest BCUT2D eigenvalue weighted by Crippen LogP contribution is 2.29. The van der Waals surface area contributed by atoms with Crippen molar-refractivity contribution >= 4 is 34.6 Å². The van der Waals surface area contributed by atoms with Crippen LogP contribution >= 0.6 is 11.8 Å². The molecule has 1 amide bonds. The van der Waals surface area contributed by atoms with Crippen LogP contribution in [0, 0.1) is 5.82 Å². The van der Waals surface area contributed by atoms with Crippen molar-refractivity contribution in [2.45, 2.75) is 0 Å². The van der Waals surface area contributed by atoms with Gasteiger partial charge < -0.3 is 15.0 Å². The van der Waals surface area contributed by atoms with Crippen LogP contribution in [-0.2, 0) is 4.79 Å². The quantitative estimate of drug-likeness (QED) is 0.670. The Morgan fingerprint density at radius 3 is 2.56 bits per heavy atom. The number of rotatable bonds is 3. The van der Waals surface area contributed by atoms with Crippen LogP contribution in [0.5, 0.6) is 5.75 Å². The van der Waals surface area contributed by atoms with Crippen molar-refractivity contribution in [2.24, 2.45) is 4.99 Å². The number of carbonyl (C=O) groups excluding carboxylic acids is 1. The summed E-state index contributed by atoms with van der Waals surface area (Å²) in [5, 5.41) is 12.6. The topological polar surface area (TPSA) is 66.6 Å². The van der Waals surface area contributed by atoms with Crippen molar-refractivity contribution in [3.63, 3.8) is 0 Å². The molecule has 0 aliphatic carbocycles. The number of phenolic OH excluding ortho intramolecular Hbond substituents is 1. The summed E-state index contributed by atoms with van der Waals surface area (Å²) < 4.78 is 14.9. The molecule has 1 fully saturated rings. The predicted molar refractivity (Wildman–Crippen MR) is 105 cm³/mol. The lowest BCUT2D eigenvalue weighted by Crippen LogP contribution is -2.19. The number of thioether (sulfide) groups is 1. The second kappa shape index (κ2) is 7.13. The lowest BCUT2D eigenvalue weighted by atomic mass is 10.3. The van der Waals surface area contributed by atoms with Crippen molar-refractivity contribution in [3.8, 4) is 11.4 Å². The number of nitrogens with one attached hydrogen (secondary N) is 1. The molecule has 0 spiro atoms. The summed E-state index contributed by atoms with van der Waals surface area (Å²) in [6.45, 7) is 0. The van der Waals surface area contributed by atoms with E-state index < -0.39 is 0 Å². The summed E-state index contributed by atoms with van der Waals surface area (Å²) in [7, 11) is 0. The van der Waals surface area contributed by atoms with Crippen LogP contribution in [0.4, 0.5) is 10.1 Å². The Morgan fingerprint density at radius 2 is 1.81 bits per heavy atom. The number of aromatic hydroxyl groups is 1. The van der Waals surface area contributed by atoms with Crippen LogP contribution in [0.15, 0.2) is 76.8 Å². The number of hydrogen-bond acceptors (Lipinski definition) is 4. The zero-order valence-electron chi connectivity index (χ0n) is 14.0. The number of nitrogens with zero attached hydrogens (tertiary/aromatic N) is 2. The molecule has 2 N–H and O–H groups in total.